The summed E-state index contributed by atoms with van der Waals surface area (Å²) in [7, 11) is 0. The summed E-state index contributed by atoms with van der Waals surface area (Å²) < 4.78 is 0.949. The third kappa shape index (κ3) is 2.12. The van der Waals surface area contributed by atoms with Gasteiger partial charge >= 0.3 is 0 Å². The summed E-state index contributed by atoms with van der Waals surface area (Å²) in [6.07, 6.45) is 0.802. The standard InChI is InChI=1S/C10H10BrClO/c1-3-7-8(11)4-5-9(12)10(7)6(2)13/h4-5H,3H2,1-2H3. The van der Waals surface area contributed by atoms with Gasteiger partial charge in [-0.25, -0.2) is 0 Å². The van der Waals surface area contributed by atoms with Gasteiger partial charge in [0.05, 0.1) is 5.02 Å². The molecule has 0 unspecified atom stereocenters. The van der Waals surface area contributed by atoms with Crippen molar-refractivity contribution >= 4 is 33.3 Å². The van der Waals surface area contributed by atoms with Gasteiger partial charge in [-0.05, 0) is 31.0 Å². The van der Waals surface area contributed by atoms with E-state index in [0.717, 1.165) is 16.5 Å². The van der Waals surface area contributed by atoms with Crippen molar-refractivity contribution in [2.45, 2.75) is 20.3 Å². The Morgan fingerprint density at radius 3 is 2.54 bits per heavy atom. The first-order valence-corrected chi connectivity index (χ1v) is 5.22. The molecule has 0 heterocycles. The third-order valence-electron chi connectivity index (χ3n) is 1.91. The Kier molecular flexibility index (Phi) is 3.51. The van der Waals surface area contributed by atoms with E-state index in [4.69, 9.17) is 11.6 Å². The molecule has 0 saturated heterocycles. The number of rotatable bonds is 2. The number of ketones is 1. The van der Waals surface area contributed by atoms with Crippen LogP contribution in [0.5, 0.6) is 0 Å². The molecule has 0 aliphatic carbocycles. The van der Waals surface area contributed by atoms with Crippen molar-refractivity contribution in [2.24, 2.45) is 0 Å². The van der Waals surface area contributed by atoms with E-state index in [1.165, 1.54) is 6.92 Å². The SMILES string of the molecule is CCc1c(Br)ccc(Cl)c1C(C)=O. The number of halogens is 2. The molecule has 1 nitrogen and oxygen atoms in total. The van der Waals surface area contributed by atoms with Crippen LogP contribution in [0.25, 0.3) is 0 Å². The van der Waals surface area contributed by atoms with E-state index in [1.54, 1.807) is 6.07 Å². The van der Waals surface area contributed by atoms with E-state index in [0.29, 0.717) is 10.6 Å². The minimum absolute atomic E-state index is 0.0168. The van der Waals surface area contributed by atoms with Crippen LogP contribution in [-0.2, 0) is 6.42 Å². The summed E-state index contributed by atoms with van der Waals surface area (Å²) in [6, 6.07) is 3.61. The first kappa shape index (κ1) is 10.7. The van der Waals surface area contributed by atoms with Crippen LogP contribution in [0, 0.1) is 0 Å². The molecular weight excluding hydrogens is 251 g/mol. The van der Waals surface area contributed by atoms with E-state index in [1.807, 2.05) is 13.0 Å². The molecule has 0 radical (unpaired) electrons. The zero-order valence-corrected chi connectivity index (χ0v) is 9.87. The molecule has 70 valence electrons. The van der Waals surface area contributed by atoms with Gasteiger partial charge < -0.3 is 0 Å². The monoisotopic (exact) mass is 260 g/mol. The lowest BCUT2D eigenvalue weighted by Gasteiger charge is -2.08. The van der Waals surface area contributed by atoms with Crippen molar-refractivity contribution in [3.63, 3.8) is 0 Å². The van der Waals surface area contributed by atoms with Gasteiger partial charge in [0, 0.05) is 10.0 Å². The summed E-state index contributed by atoms with van der Waals surface area (Å²) in [6.45, 7) is 3.54. The van der Waals surface area contributed by atoms with Crippen molar-refractivity contribution in [3.8, 4) is 0 Å². The summed E-state index contributed by atoms with van der Waals surface area (Å²) in [4.78, 5) is 11.3. The van der Waals surface area contributed by atoms with Crippen molar-refractivity contribution in [2.75, 3.05) is 0 Å². The molecule has 0 amide bonds. The second-order valence-electron chi connectivity index (χ2n) is 2.79. The second-order valence-corrected chi connectivity index (χ2v) is 4.05. The first-order valence-electron chi connectivity index (χ1n) is 4.05. The fourth-order valence-corrected chi connectivity index (χ4v) is 2.24. The van der Waals surface area contributed by atoms with Gasteiger partial charge in [0.15, 0.2) is 5.78 Å². The van der Waals surface area contributed by atoms with Gasteiger partial charge in [0.2, 0.25) is 0 Å². The van der Waals surface area contributed by atoms with Gasteiger partial charge in [-0.1, -0.05) is 34.5 Å². The molecule has 0 aliphatic heterocycles. The van der Waals surface area contributed by atoms with Crippen molar-refractivity contribution < 1.29 is 4.79 Å². The minimum Gasteiger partial charge on any atom is -0.294 e. The van der Waals surface area contributed by atoms with E-state index >= 15 is 0 Å². The summed E-state index contributed by atoms with van der Waals surface area (Å²) in [5.74, 6) is 0.0168. The van der Waals surface area contributed by atoms with Crippen LogP contribution in [0.2, 0.25) is 5.02 Å². The van der Waals surface area contributed by atoms with E-state index < -0.39 is 0 Å². The molecule has 0 fully saturated rings. The molecule has 0 saturated carbocycles. The lowest BCUT2D eigenvalue weighted by Crippen LogP contribution is -2.00. The van der Waals surface area contributed by atoms with Gasteiger partial charge in [-0.3, -0.25) is 4.79 Å². The normalized spacial score (nSPS) is 10.2. The highest BCUT2D eigenvalue weighted by molar-refractivity contribution is 9.10. The Balaban J connectivity index is 3.43. The fourth-order valence-electron chi connectivity index (χ4n) is 1.32. The lowest BCUT2D eigenvalue weighted by atomic mass is 10.0. The van der Waals surface area contributed by atoms with Crippen LogP contribution in [0.1, 0.15) is 29.8 Å². The number of hydrogen-bond donors (Lipinski definition) is 0. The molecule has 1 aromatic rings. The van der Waals surface area contributed by atoms with Crippen molar-refractivity contribution in [1.29, 1.82) is 0 Å². The molecule has 0 aliphatic rings. The quantitative estimate of drug-likeness (QED) is 0.739. The predicted octanol–water partition coefficient (Wildman–Crippen LogP) is 3.87. The van der Waals surface area contributed by atoms with Crippen LogP contribution < -0.4 is 0 Å². The highest BCUT2D eigenvalue weighted by Crippen LogP contribution is 2.28. The molecule has 3 heteroatoms. The Morgan fingerprint density at radius 1 is 1.54 bits per heavy atom. The molecule has 0 spiro atoms. The highest BCUT2D eigenvalue weighted by Gasteiger charge is 2.12. The number of Topliss-reactive ketones (excluding diaryl/α,β-unsaturated/α-hetero) is 1. The van der Waals surface area contributed by atoms with Crippen LogP contribution >= 0.6 is 27.5 Å². The molecule has 13 heavy (non-hydrogen) atoms. The first-order chi connectivity index (χ1) is 6.07. The topological polar surface area (TPSA) is 17.1 Å². The molecule has 1 aromatic carbocycles. The van der Waals surface area contributed by atoms with E-state index in [-0.39, 0.29) is 5.78 Å². The average Bonchev–Trinajstić information content (AvgIpc) is 2.07. The Morgan fingerprint density at radius 2 is 2.15 bits per heavy atom. The van der Waals surface area contributed by atoms with Gasteiger partial charge in [0.25, 0.3) is 0 Å². The number of benzene rings is 1. The second kappa shape index (κ2) is 4.25. The lowest BCUT2D eigenvalue weighted by molar-refractivity contribution is 0.101. The Bertz CT molecular complexity index is 347. The van der Waals surface area contributed by atoms with Crippen LogP contribution in [0.4, 0.5) is 0 Å². The number of carbonyl (C=O) groups excluding carboxylic acids is 1. The summed E-state index contributed by atoms with van der Waals surface area (Å²) in [5.41, 5.74) is 1.62. The highest BCUT2D eigenvalue weighted by atomic mass is 79.9. The Labute approximate surface area is 91.2 Å². The van der Waals surface area contributed by atoms with Gasteiger partial charge in [-0.15, -0.1) is 0 Å². The third-order valence-corrected chi connectivity index (χ3v) is 2.97. The van der Waals surface area contributed by atoms with E-state index in [2.05, 4.69) is 15.9 Å². The molecule has 0 bridgehead atoms. The Hall–Kier alpha value is -0.340. The van der Waals surface area contributed by atoms with Crippen LogP contribution in [-0.4, -0.2) is 5.78 Å². The minimum atomic E-state index is 0.0168. The predicted molar refractivity (Wildman–Crippen MR) is 58.5 cm³/mol. The smallest absolute Gasteiger partial charge is 0.161 e. The zero-order valence-electron chi connectivity index (χ0n) is 7.53. The van der Waals surface area contributed by atoms with Crippen molar-refractivity contribution in [3.05, 3.63) is 32.8 Å². The summed E-state index contributed by atoms with van der Waals surface area (Å²) in [5, 5.41) is 0.535. The van der Waals surface area contributed by atoms with Crippen LogP contribution in [0.3, 0.4) is 0 Å². The molecule has 0 aromatic heterocycles. The number of hydrogen-bond acceptors (Lipinski definition) is 1. The summed E-state index contributed by atoms with van der Waals surface area (Å²) >= 11 is 9.33. The molecule has 0 N–H and O–H groups in total. The average molecular weight is 262 g/mol. The maximum Gasteiger partial charge on any atom is 0.161 e. The molecule has 1 rings (SSSR count). The zero-order chi connectivity index (χ0) is 10.0. The number of carbonyl (C=O) groups is 1. The van der Waals surface area contributed by atoms with Gasteiger partial charge in [0.1, 0.15) is 0 Å². The van der Waals surface area contributed by atoms with Crippen molar-refractivity contribution in [1.82, 2.24) is 0 Å². The van der Waals surface area contributed by atoms with Crippen LogP contribution in [0.15, 0.2) is 16.6 Å². The fraction of sp³-hybridized carbons (Fsp3) is 0.300. The van der Waals surface area contributed by atoms with E-state index in [9.17, 15) is 4.79 Å². The molecular formula is C10H10BrClO. The maximum absolute atomic E-state index is 11.3. The maximum atomic E-state index is 11.3. The largest absolute Gasteiger partial charge is 0.294 e. The molecule has 0 atom stereocenters. The van der Waals surface area contributed by atoms with Gasteiger partial charge in [-0.2, -0.15) is 0 Å².